The summed E-state index contributed by atoms with van der Waals surface area (Å²) in [6, 6.07) is 0. The predicted octanol–water partition coefficient (Wildman–Crippen LogP) is 4.52. The minimum atomic E-state index is -1.09. The van der Waals surface area contributed by atoms with Gasteiger partial charge in [0.05, 0.1) is 0 Å². The number of nitrogens with one attached hydrogen (secondary N) is 2. The molecule has 0 aliphatic heterocycles. The zero-order chi connectivity index (χ0) is 19.0. The molecule has 2 amide bonds. The van der Waals surface area contributed by atoms with E-state index < -0.39 is 5.41 Å². The molecule has 4 nitrogen and oxygen atoms in total. The van der Waals surface area contributed by atoms with Gasteiger partial charge in [-0.15, -0.1) is 6.58 Å². The van der Waals surface area contributed by atoms with E-state index in [1.54, 1.807) is 6.08 Å². The van der Waals surface area contributed by atoms with Crippen LogP contribution in [0.15, 0.2) is 24.8 Å². The van der Waals surface area contributed by atoms with Crippen molar-refractivity contribution in [2.24, 2.45) is 5.41 Å². The molecule has 0 atom stereocenters. The quantitative estimate of drug-likeness (QED) is 0.259. The lowest BCUT2D eigenvalue weighted by Crippen LogP contribution is -2.51. The molecule has 0 aromatic carbocycles. The first-order chi connectivity index (χ1) is 12.1. The van der Waals surface area contributed by atoms with Crippen LogP contribution in [0, 0.1) is 5.41 Å². The summed E-state index contributed by atoms with van der Waals surface area (Å²) in [5.74, 6) is -0.435. The standard InChI is InChI=1S/C21H38N2O2/c1-5-9-10-11-12-13-14-15-16-18-21(17-6-2,19(24)22-7-3)20(25)23-8-4/h6,15-16H,2,5,7-14,17-18H2,1,3-4H3,(H,22,24)(H,23,25). The van der Waals surface area contributed by atoms with E-state index in [2.05, 4.69) is 30.2 Å². The summed E-state index contributed by atoms with van der Waals surface area (Å²) in [7, 11) is 0. The molecule has 0 unspecified atom stereocenters. The van der Waals surface area contributed by atoms with Crippen LogP contribution in [0.1, 0.15) is 78.6 Å². The largest absolute Gasteiger partial charge is 0.355 e. The van der Waals surface area contributed by atoms with E-state index in [1.165, 1.54) is 32.1 Å². The molecule has 2 N–H and O–H groups in total. The number of rotatable bonds is 15. The van der Waals surface area contributed by atoms with Crippen LogP contribution >= 0.6 is 0 Å². The highest BCUT2D eigenvalue weighted by molar-refractivity contribution is 6.05. The number of hydrogen-bond donors (Lipinski definition) is 2. The van der Waals surface area contributed by atoms with Crippen molar-refractivity contribution in [2.45, 2.75) is 78.6 Å². The number of unbranched alkanes of at least 4 members (excludes halogenated alkanes) is 6. The van der Waals surface area contributed by atoms with Crippen LogP contribution in [0.4, 0.5) is 0 Å². The van der Waals surface area contributed by atoms with E-state index in [9.17, 15) is 9.59 Å². The summed E-state index contributed by atoms with van der Waals surface area (Å²) in [5, 5.41) is 5.62. The third-order valence-corrected chi connectivity index (χ3v) is 4.39. The molecule has 0 heterocycles. The molecule has 0 aromatic heterocycles. The van der Waals surface area contributed by atoms with Gasteiger partial charge in [0.15, 0.2) is 0 Å². The first-order valence-corrected chi connectivity index (χ1v) is 9.91. The SMILES string of the molecule is C=CCC(CC=CCCCCCCCC)(C(=O)NCC)C(=O)NCC. The van der Waals surface area contributed by atoms with Gasteiger partial charge >= 0.3 is 0 Å². The van der Waals surface area contributed by atoms with Crippen LogP contribution in [0.5, 0.6) is 0 Å². The van der Waals surface area contributed by atoms with Crippen LogP contribution in [0.3, 0.4) is 0 Å². The summed E-state index contributed by atoms with van der Waals surface area (Å²) in [6.07, 6.45) is 15.1. The number of amides is 2. The summed E-state index contributed by atoms with van der Waals surface area (Å²) >= 11 is 0. The van der Waals surface area contributed by atoms with Gasteiger partial charge in [0, 0.05) is 13.1 Å². The van der Waals surface area contributed by atoms with Gasteiger partial charge in [-0.2, -0.15) is 0 Å². The molecule has 0 radical (unpaired) electrons. The molecule has 0 saturated carbocycles. The van der Waals surface area contributed by atoms with E-state index in [1.807, 2.05) is 19.9 Å². The second-order valence-electron chi connectivity index (χ2n) is 6.53. The lowest BCUT2D eigenvalue weighted by Gasteiger charge is -2.29. The fourth-order valence-corrected chi connectivity index (χ4v) is 2.91. The van der Waals surface area contributed by atoms with Crippen molar-refractivity contribution in [3.63, 3.8) is 0 Å². The van der Waals surface area contributed by atoms with E-state index in [4.69, 9.17) is 0 Å². The molecule has 0 bridgehead atoms. The Balaban J connectivity index is 4.70. The third kappa shape index (κ3) is 8.89. The Labute approximate surface area is 154 Å². The Morgan fingerprint density at radius 3 is 1.92 bits per heavy atom. The first kappa shape index (κ1) is 23.4. The Morgan fingerprint density at radius 2 is 1.40 bits per heavy atom. The van der Waals surface area contributed by atoms with Gasteiger partial charge in [-0.05, 0) is 39.5 Å². The molecule has 0 spiro atoms. The Kier molecular flexibility index (Phi) is 13.8. The molecular weight excluding hydrogens is 312 g/mol. The lowest BCUT2D eigenvalue weighted by molar-refractivity contribution is -0.143. The van der Waals surface area contributed by atoms with Gasteiger partial charge in [0.1, 0.15) is 5.41 Å². The minimum absolute atomic E-state index is 0.218. The minimum Gasteiger partial charge on any atom is -0.355 e. The Hall–Kier alpha value is -1.58. The highest BCUT2D eigenvalue weighted by Gasteiger charge is 2.43. The van der Waals surface area contributed by atoms with Crippen molar-refractivity contribution >= 4 is 11.8 Å². The molecule has 0 rings (SSSR count). The van der Waals surface area contributed by atoms with Crippen molar-refractivity contribution in [3.8, 4) is 0 Å². The monoisotopic (exact) mass is 350 g/mol. The van der Waals surface area contributed by atoms with Crippen LogP contribution in [0.25, 0.3) is 0 Å². The highest BCUT2D eigenvalue weighted by atomic mass is 16.2. The van der Waals surface area contributed by atoms with Gasteiger partial charge in [0.2, 0.25) is 11.8 Å². The fourth-order valence-electron chi connectivity index (χ4n) is 2.91. The average molecular weight is 351 g/mol. The molecule has 0 fully saturated rings. The van der Waals surface area contributed by atoms with Crippen LogP contribution < -0.4 is 10.6 Å². The van der Waals surface area contributed by atoms with Gasteiger partial charge in [-0.25, -0.2) is 0 Å². The highest BCUT2D eigenvalue weighted by Crippen LogP contribution is 2.29. The zero-order valence-electron chi connectivity index (χ0n) is 16.5. The summed E-state index contributed by atoms with van der Waals surface area (Å²) in [4.78, 5) is 25.2. The molecule has 0 aromatic rings. The normalized spacial score (nSPS) is 11.5. The van der Waals surface area contributed by atoms with Crippen LogP contribution in [0.2, 0.25) is 0 Å². The van der Waals surface area contributed by atoms with Crippen LogP contribution in [-0.4, -0.2) is 24.9 Å². The second-order valence-corrected chi connectivity index (χ2v) is 6.53. The number of carbonyl (C=O) groups is 2. The second kappa shape index (κ2) is 14.7. The molecule has 0 saturated heterocycles. The number of allylic oxidation sites excluding steroid dienone is 3. The lowest BCUT2D eigenvalue weighted by atomic mass is 9.78. The molecule has 4 heteroatoms. The van der Waals surface area contributed by atoms with Gasteiger partial charge in [-0.3, -0.25) is 9.59 Å². The number of carbonyl (C=O) groups excluding carboxylic acids is 2. The average Bonchev–Trinajstić information content (AvgIpc) is 2.59. The van der Waals surface area contributed by atoms with Crippen molar-refractivity contribution < 1.29 is 9.59 Å². The predicted molar refractivity (Wildman–Crippen MR) is 106 cm³/mol. The maximum absolute atomic E-state index is 12.6. The molecule has 144 valence electrons. The summed E-state index contributed by atoms with van der Waals surface area (Å²) < 4.78 is 0. The molecule has 0 aliphatic carbocycles. The summed E-state index contributed by atoms with van der Waals surface area (Å²) in [5.41, 5.74) is -1.09. The molecule has 25 heavy (non-hydrogen) atoms. The van der Waals surface area contributed by atoms with Crippen molar-refractivity contribution in [1.82, 2.24) is 10.6 Å². The Bertz CT molecular complexity index is 398. The van der Waals surface area contributed by atoms with Gasteiger partial charge in [-0.1, -0.05) is 57.3 Å². The van der Waals surface area contributed by atoms with Crippen LogP contribution in [-0.2, 0) is 9.59 Å². The van der Waals surface area contributed by atoms with Crippen molar-refractivity contribution in [2.75, 3.05) is 13.1 Å². The van der Waals surface area contributed by atoms with E-state index in [0.717, 1.165) is 12.8 Å². The summed E-state index contributed by atoms with van der Waals surface area (Å²) in [6.45, 7) is 10.7. The van der Waals surface area contributed by atoms with Crippen molar-refractivity contribution in [3.05, 3.63) is 24.8 Å². The van der Waals surface area contributed by atoms with Crippen molar-refractivity contribution in [1.29, 1.82) is 0 Å². The first-order valence-electron chi connectivity index (χ1n) is 9.91. The van der Waals surface area contributed by atoms with Gasteiger partial charge < -0.3 is 10.6 Å². The smallest absolute Gasteiger partial charge is 0.236 e. The van der Waals surface area contributed by atoms with Gasteiger partial charge in [0.25, 0.3) is 0 Å². The maximum Gasteiger partial charge on any atom is 0.236 e. The maximum atomic E-state index is 12.6. The topological polar surface area (TPSA) is 58.2 Å². The third-order valence-electron chi connectivity index (χ3n) is 4.39. The Morgan fingerprint density at radius 1 is 0.840 bits per heavy atom. The fraction of sp³-hybridized carbons (Fsp3) is 0.714. The molecular formula is C21H38N2O2. The number of hydrogen-bond acceptors (Lipinski definition) is 2. The van der Waals surface area contributed by atoms with E-state index in [0.29, 0.717) is 25.9 Å². The van der Waals surface area contributed by atoms with E-state index in [-0.39, 0.29) is 11.8 Å². The van der Waals surface area contributed by atoms with E-state index >= 15 is 0 Å². The zero-order valence-corrected chi connectivity index (χ0v) is 16.5. The molecule has 0 aliphatic rings.